The van der Waals surface area contributed by atoms with E-state index in [4.69, 9.17) is 5.11 Å². The quantitative estimate of drug-likeness (QED) is 0.874. The van der Waals surface area contributed by atoms with Gasteiger partial charge in [-0.05, 0) is 30.7 Å². The zero-order chi connectivity index (χ0) is 12.3. The summed E-state index contributed by atoms with van der Waals surface area (Å²) < 4.78 is 40.0. The van der Waals surface area contributed by atoms with Gasteiger partial charge in [-0.1, -0.05) is 0 Å². The zero-order valence-corrected chi connectivity index (χ0v) is 8.34. The van der Waals surface area contributed by atoms with E-state index in [1.807, 2.05) is 0 Å². The Balaban J connectivity index is 2.78. The first-order chi connectivity index (χ1) is 7.29. The number of rotatable bonds is 3. The van der Waals surface area contributed by atoms with Crippen molar-refractivity contribution < 1.29 is 27.8 Å². The smallest absolute Gasteiger partial charge is 0.422 e. The summed E-state index contributed by atoms with van der Waals surface area (Å²) >= 11 is 0. The van der Waals surface area contributed by atoms with Gasteiger partial charge in [0.25, 0.3) is 0 Å². The third-order valence-corrected chi connectivity index (χ3v) is 1.83. The predicted molar refractivity (Wildman–Crippen MR) is 49.7 cm³/mol. The van der Waals surface area contributed by atoms with Gasteiger partial charge < -0.3 is 9.84 Å². The predicted octanol–water partition coefficient (Wildman–Crippen LogP) is 2.63. The zero-order valence-electron chi connectivity index (χ0n) is 8.34. The molecule has 0 saturated heterocycles. The van der Waals surface area contributed by atoms with Crippen LogP contribution in [-0.2, 0) is 0 Å². The van der Waals surface area contributed by atoms with Gasteiger partial charge in [0.15, 0.2) is 6.61 Å². The summed E-state index contributed by atoms with van der Waals surface area (Å²) in [7, 11) is 0. The minimum Gasteiger partial charge on any atom is -0.484 e. The molecule has 3 nitrogen and oxygen atoms in total. The molecule has 1 N–H and O–H groups in total. The molecular formula is C10H9F3O3. The Hall–Kier alpha value is -1.72. The standard InChI is InChI=1S/C10H9F3O3/c1-6-4-7(16-5-10(11,12)13)2-3-8(6)9(14)15/h2-4H,5H2,1H3,(H,14,15). The molecule has 0 fully saturated rings. The van der Waals surface area contributed by atoms with Crippen LogP contribution >= 0.6 is 0 Å². The van der Waals surface area contributed by atoms with Crippen LogP contribution in [0.1, 0.15) is 15.9 Å². The number of alkyl halides is 3. The number of halogens is 3. The Kier molecular flexibility index (Phi) is 3.41. The molecule has 0 aromatic heterocycles. The number of carbonyl (C=O) groups is 1. The van der Waals surface area contributed by atoms with Crippen molar-refractivity contribution >= 4 is 5.97 Å². The number of benzene rings is 1. The van der Waals surface area contributed by atoms with Crippen molar-refractivity contribution in [2.24, 2.45) is 0 Å². The minimum atomic E-state index is -4.40. The lowest BCUT2D eigenvalue weighted by atomic mass is 10.1. The molecule has 0 aliphatic carbocycles. The van der Waals surface area contributed by atoms with E-state index in [0.717, 1.165) is 0 Å². The van der Waals surface area contributed by atoms with Crippen LogP contribution in [0.25, 0.3) is 0 Å². The van der Waals surface area contributed by atoms with E-state index < -0.39 is 18.8 Å². The van der Waals surface area contributed by atoms with Gasteiger partial charge in [-0.15, -0.1) is 0 Å². The maximum absolute atomic E-state index is 11.8. The second-order valence-corrected chi connectivity index (χ2v) is 3.19. The monoisotopic (exact) mass is 234 g/mol. The van der Waals surface area contributed by atoms with Crippen LogP contribution in [0.2, 0.25) is 0 Å². The van der Waals surface area contributed by atoms with Crippen LogP contribution in [0.15, 0.2) is 18.2 Å². The fourth-order valence-corrected chi connectivity index (χ4v) is 1.13. The van der Waals surface area contributed by atoms with Gasteiger partial charge in [0.2, 0.25) is 0 Å². The van der Waals surface area contributed by atoms with Crippen molar-refractivity contribution in [3.05, 3.63) is 29.3 Å². The number of aryl methyl sites for hydroxylation is 1. The van der Waals surface area contributed by atoms with Crippen molar-refractivity contribution in [3.63, 3.8) is 0 Å². The van der Waals surface area contributed by atoms with Crippen molar-refractivity contribution in [2.45, 2.75) is 13.1 Å². The molecule has 0 saturated carbocycles. The van der Waals surface area contributed by atoms with Crippen LogP contribution in [0.4, 0.5) is 13.2 Å². The average Bonchev–Trinajstić information content (AvgIpc) is 2.13. The first kappa shape index (κ1) is 12.4. The van der Waals surface area contributed by atoms with Gasteiger partial charge >= 0.3 is 12.1 Å². The Labute approximate surface area is 89.5 Å². The van der Waals surface area contributed by atoms with Gasteiger partial charge in [-0.25, -0.2) is 4.79 Å². The van der Waals surface area contributed by atoms with Crippen LogP contribution in [0.5, 0.6) is 5.75 Å². The van der Waals surface area contributed by atoms with E-state index in [0.29, 0.717) is 5.56 Å². The Morgan fingerprint density at radius 3 is 2.50 bits per heavy atom. The highest BCUT2D eigenvalue weighted by Crippen LogP contribution is 2.21. The first-order valence-corrected chi connectivity index (χ1v) is 4.33. The summed E-state index contributed by atoms with van der Waals surface area (Å²) in [5.41, 5.74) is 0.395. The summed E-state index contributed by atoms with van der Waals surface area (Å²) in [5.74, 6) is -1.13. The molecule has 0 heterocycles. The van der Waals surface area contributed by atoms with Gasteiger partial charge in [-0.2, -0.15) is 13.2 Å². The van der Waals surface area contributed by atoms with Gasteiger partial charge in [0.1, 0.15) is 5.75 Å². The number of carboxylic acid groups (broad SMARTS) is 1. The number of hydrogen-bond donors (Lipinski definition) is 1. The normalized spacial score (nSPS) is 11.2. The van der Waals surface area contributed by atoms with Crippen molar-refractivity contribution in [3.8, 4) is 5.75 Å². The van der Waals surface area contributed by atoms with Crippen molar-refractivity contribution in [1.29, 1.82) is 0 Å². The lowest BCUT2D eigenvalue weighted by Crippen LogP contribution is -2.19. The average molecular weight is 234 g/mol. The summed E-state index contributed by atoms with van der Waals surface area (Å²) in [4.78, 5) is 10.6. The van der Waals surface area contributed by atoms with Crippen LogP contribution < -0.4 is 4.74 Å². The Bertz CT molecular complexity index is 399. The second-order valence-electron chi connectivity index (χ2n) is 3.19. The molecule has 88 valence electrons. The van der Waals surface area contributed by atoms with Crippen molar-refractivity contribution in [1.82, 2.24) is 0 Å². The SMILES string of the molecule is Cc1cc(OCC(F)(F)F)ccc1C(=O)O. The van der Waals surface area contributed by atoms with Gasteiger partial charge in [0, 0.05) is 0 Å². The molecule has 16 heavy (non-hydrogen) atoms. The maximum Gasteiger partial charge on any atom is 0.422 e. The minimum absolute atomic E-state index is 0.000162. The third-order valence-electron chi connectivity index (χ3n) is 1.83. The molecule has 0 amide bonds. The molecule has 0 aliphatic heterocycles. The fraction of sp³-hybridized carbons (Fsp3) is 0.300. The largest absolute Gasteiger partial charge is 0.484 e. The van der Waals surface area contributed by atoms with E-state index in [9.17, 15) is 18.0 Å². The highest BCUT2D eigenvalue weighted by atomic mass is 19.4. The Morgan fingerprint density at radius 2 is 2.06 bits per heavy atom. The molecular weight excluding hydrogens is 225 g/mol. The molecule has 6 heteroatoms. The number of ether oxygens (including phenoxy) is 1. The highest BCUT2D eigenvalue weighted by Gasteiger charge is 2.28. The molecule has 0 aliphatic rings. The van der Waals surface area contributed by atoms with Crippen LogP contribution in [-0.4, -0.2) is 23.9 Å². The molecule has 1 aromatic rings. The Morgan fingerprint density at radius 1 is 1.44 bits per heavy atom. The van der Waals surface area contributed by atoms with Crippen LogP contribution in [0.3, 0.4) is 0 Å². The summed E-state index contributed by atoms with van der Waals surface area (Å²) in [6, 6.07) is 3.67. The summed E-state index contributed by atoms with van der Waals surface area (Å²) in [6.07, 6.45) is -4.40. The van der Waals surface area contributed by atoms with Crippen molar-refractivity contribution in [2.75, 3.05) is 6.61 Å². The van der Waals surface area contributed by atoms with Gasteiger partial charge in [0.05, 0.1) is 5.56 Å². The second kappa shape index (κ2) is 4.42. The highest BCUT2D eigenvalue weighted by molar-refractivity contribution is 5.89. The molecule has 1 rings (SSSR count). The molecule has 0 spiro atoms. The maximum atomic E-state index is 11.8. The lowest BCUT2D eigenvalue weighted by Gasteiger charge is -2.10. The lowest BCUT2D eigenvalue weighted by molar-refractivity contribution is -0.153. The summed E-state index contributed by atoms with van der Waals surface area (Å²) in [5, 5.41) is 8.69. The molecule has 1 aromatic carbocycles. The third kappa shape index (κ3) is 3.45. The van der Waals surface area contributed by atoms with E-state index in [-0.39, 0.29) is 11.3 Å². The van der Waals surface area contributed by atoms with E-state index >= 15 is 0 Å². The topological polar surface area (TPSA) is 46.5 Å². The number of carboxylic acids is 1. The van der Waals surface area contributed by atoms with E-state index in [2.05, 4.69) is 4.74 Å². The number of hydrogen-bond acceptors (Lipinski definition) is 2. The molecule has 0 atom stereocenters. The first-order valence-electron chi connectivity index (χ1n) is 4.33. The molecule has 0 bridgehead atoms. The fourth-order valence-electron chi connectivity index (χ4n) is 1.13. The van der Waals surface area contributed by atoms with Crippen LogP contribution in [0, 0.1) is 6.92 Å². The molecule has 0 radical (unpaired) electrons. The van der Waals surface area contributed by atoms with E-state index in [1.54, 1.807) is 0 Å². The molecule has 0 unspecified atom stereocenters. The van der Waals surface area contributed by atoms with Gasteiger partial charge in [-0.3, -0.25) is 0 Å². The van der Waals surface area contributed by atoms with E-state index in [1.165, 1.54) is 25.1 Å². The summed E-state index contributed by atoms with van der Waals surface area (Å²) in [6.45, 7) is 0.1000. The number of aromatic carboxylic acids is 1.